The van der Waals surface area contributed by atoms with Gasteiger partial charge in [-0.05, 0) is 35.7 Å². The molecule has 136 valence electrons. The van der Waals surface area contributed by atoms with Crippen molar-refractivity contribution >= 4 is 43.0 Å². The molecule has 2 aromatic carbocycles. The molecule has 1 N–H and O–H groups in total. The number of hydrogen-bond acceptors (Lipinski definition) is 4. The number of nitrogens with zero attached hydrogens (tertiary/aromatic N) is 1. The third-order valence-corrected chi connectivity index (χ3v) is 7.25. The van der Waals surface area contributed by atoms with Gasteiger partial charge in [-0.25, -0.2) is 8.42 Å². The first-order chi connectivity index (χ1) is 12.5. The normalized spacial score (nSPS) is 11.8. The Labute approximate surface area is 157 Å². The number of hydrogen-bond donors (Lipinski definition) is 1. The van der Waals surface area contributed by atoms with Crippen molar-refractivity contribution in [2.24, 2.45) is 0 Å². The van der Waals surface area contributed by atoms with E-state index in [9.17, 15) is 13.2 Å². The molecule has 0 unspecified atom stereocenters. The minimum atomic E-state index is -3.56. The Morgan fingerprint density at radius 2 is 1.77 bits per heavy atom. The predicted molar refractivity (Wildman–Crippen MR) is 106 cm³/mol. The van der Waals surface area contributed by atoms with Gasteiger partial charge >= 0.3 is 0 Å². The van der Waals surface area contributed by atoms with Crippen molar-refractivity contribution in [3.63, 3.8) is 0 Å². The van der Waals surface area contributed by atoms with Crippen LogP contribution in [0.25, 0.3) is 10.1 Å². The van der Waals surface area contributed by atoms with Gasteiger partial charge in [0.25, 0.3) is 5.91 Å². The number of carbonyl (C=O) groups excluding carboxylic acids is 1. The lowest BCUT2D eigenvalue weighted by atomic mass is 10.2. The summed E-state index contributed by atoms with van der Waals surface area (Å²) >= 11 is 1.41. The molecule has 0 atom stereocenters. The lowest BCUT2D eigenvalue weighted by Crippen LogP contribution is -2.30. The second kappa shape index (κ2) is 7.57. The van der Waals surface area contributed by atoms with E-state index in [-0.39, 0.29) is 10.8 Å². The van der Waals surface area contributed by atoms with Crippen LogP contribution in [-0.2, 0) is 10.0 Å². The van der Waals surface area contributed by atoms with E-state index in [4.69, 9.17) is 0 Å². The van der Waals surface area contributed by atoms with E-state index >= 15 is 0 Å². The fraction of sp³-hybridized carbons (Fsp3) is 0.211. The van der Waals surface area contributed by atoms with Crippen LogP contribution < -0.4 is 5.32 Å². The highest BCUT2D eigenvalue weighted by Crippen LogP contribution is 2.26. The number of rotatable bonds is 6. The highest BCUT2D eigenvalue weighted by atomic mass is 32.2. The molecule has 26 heavy (non-hydrogen) atoms. The molecule has 0 radical (unpaired) electrons. The zero-order valence-electron chi connectivity index (χ0n) is 14.6. The van der Waals surface area contributed by atoms with E-state index < -0.39 is 10.0 Å². The number of thiophene rings is 1. The Morgan fingerprint density at radius 3 is 2.46 bits per heavy atom. The summed E-state index contributed by atoms with van der Waals surface area (Å²) in [7, 11) is -3.56. The fourth-order valence-corrected chi connectivity index (χ4v) is 5.20. The topological polar surface area (TPSA) is 66.5 Å². The van der Waals surface area contributed by atoms with Gasteiger partial charge in [-0.1, -0.05) is 38.1 Å². The molecule has 0 spiro atoms. The van der Waals surface area contributed by atoms with Gasteiger partial charge in [-0.3, -0.25) is 4.79 Å². The molecule has 0 saturated carbocycles. The second-order valence-corrected chi connectivity index (χ2v) is 8.74. The molecule has 5 nitrogen and oxygen atoms in total. The molecule has 1 heterocycles. The van der Waals surface area contributed by atoms with E-state index in [1.807, 2.05) is 30.3 Å². The van der Waals surface area contributed by atoms with Crippen LogP contribution in [0.15, 0.2) is 59.5 Å². The molecule has 7 heteroatoms. The third kappa shape index (κ3) is 3.65. The highest BCUT2D eigenvalue weighted by Gasteiger charge is 2.22. The van der Waals surface area contributed by atoms with Gasteiger partial charge in [0, 0.05) is 23.5 Å². The van der Waals surface area contributed by atoms with E-state index in [2.05, 4.69) is 5.32 Å². The van der Waals surface area contributed by atoms with Gasteiger partial charge < -0.3 is 5.32 Å². The van der Waals surface area contributed by atoms with Crippen molar-refractivity contribution in [1.82, 2.24) is 4.31 Å². The minimum Gasteiger partial charge on any atom is -0.321 e. The molecule has 3 rings (SSSR count). The van der Waals surface area contributed by atoms with Crippen molar-refractivity contribution in [3.05, 3.63) is 59.5 Å². The summed E-state index contributed by atoms with van der Waals surface area (Å²) in [6.07, 6.45) is 0. The van der Waals surface area contributed by atoms with Crippen LogP contribution in [0.2, 0.25) is 0 Å². The molecular formula is C19H20N2O3S2. The number of carbonyl (C=O) groups is 1. The maximum atomic E-state index is 12.6. The molecule has 0 aliphatic rings. The number of fused-ring (bicyclic) bond motifs is 1. The lowest BCUT2D eigenvalue weighted by Gasteiger charge is -2.18. The molecule has 0 aliphatic carbocycles. The molecule has 1 aromatic heterocycles. The number of anilines is 1. The van der Waals surface area contributed by atoms with E-state index in [0.717, 1.165) is 10.1 Å². The maximum absolute atomic E-state index is 12.6. The Balaban J connectivity index is 1.85. The standard InChI is InChI=1S/C19H20N2O3S2/c1-3-21(4-2)26(23,24)16-10-7-9-15(13-16)20-19(22)18-12-14-8-5-6-11-17(14)25-18/h5-13H,3-4H2,1-2H3,(H,20,22). The van der Waals surface area contributed by atoms with E-state index in [1.54, 1.807) is 32.0 Å². The number of sulfonamides is 1. The first kappa shape index (κ1) is 18.6. The molecule has 0 bridgehead atoms. The number of nitrogens with one attached hydrogen (secondary N) is 1. The molecular weight excluding hydrogens is 368 g/mol. The molecule has 1 amide bonds. The van der Waals surface area contributed by atoms with Crippen LogP contribution in [-0.4, -0.2) is 31.7 Å². The van der Waals surface area contributed by atoms with Crippen molar-refractivity contribution in [2.45, 2.75) is 18.7 Å². The smallest absolute Gasteiger partial charge is 0.265 e. The minimum absolute atomic E-state index is 0.176. The number of amides is 1. The summed E-state index contributed by atoms with van der Waals surface area (Å²) in [5, 5.41) is 3.81. The van der Waals surface area contributed by atoms with Crippen molar-refractivity contribution in [1.29, 1.82) is 0 Å². The largest absolute Gasteiger partial charge is 0.321 e. The van der Waals surface area contributed by atoms with Crippen LogP contribution in [0, 0.1) is 0 Å². The Morgan fingerprint density at radius 1 is 1.04 bits per heavy atom. The summed E-state index contributed by atoms with van der Waals surface area (Å²) < 4.78 is 27.7. The Hall–Kier alpha value is -2.22. The van der Waals surface area contributed by atoms with Crippen molar-refractivity contribution in [2.75, 3.05) is 18.4 Å². The predicted octanol–water partition coefficient (Wildman–Crippen LogP) is 4.18. The summed E-state index contributed by atoms with van der Waals surface area (Å²) in [6.45, 7) is 4.40. The summed E-state index contributed by atoms with van der Waals surface area (Å²) in [5.41, 5.74) is 0.459. The first-order valence-electron chi connectivity index (χ1n) is 8.36. The SMILES string of the molecule is CCN(CC)S(=O)(=O)c1cccc(NC(=O)c2cc3ccccc3s2)c1. The Kier molecular flexibility index (Phi) is 5.41. The van der Waals surface area contributed by atoms with Crippen molar-refractivity contribution in [3.8, 4) is 0 Å². The fourth-order valence-electron chi connectivity index (χ4n) is 2.73. The van der Waals surface area contributed by atoms with Gasteiger partial charge in [0.05, 0.1) is 9.77 Å². The van der Waals surface area contributed by atoms with Crippen LogP contribution in [0.1, 0.15) is 23.5 Å². The summed E-state index contributed by atoms with van der Waals surface area (Å²) in [5.74, 6) is -0.247. The molecule has 0 fully saturated rings. The van der Waals surface area contributed by atoms with Gasteiger partial charge in [0.2, 0.25) is 10.0 Å². The second-order valence-electron chi connectivity index (χ2n) is 5.72. The van der Waals surface area contributed by atoms with Crippen LogP contribution in [0.3, 0.4) is 0 Å². The average molecular weight is 389 g/mol. The van der Waals surface area contributed by atoms with E-state index in [1.165, 1.54) is 21.7 Å². The first-order valence-corrected chi connectivity index (χ1v) is 10.6. The van der Waals surface area contributed by atoms with Crippen LogP contribution in [0.4, 0.5) is 5.69 Å². The summed E-state index contributed by atoms with van der Waals surface area (Å²) in [6, 6.07) is 16.0. The molecule has 0 saturated heterocycles. The molecule has 3 aromatic rings. The number of benzene rings is 2. The zero-order valence-corrected chi connectivity index (χ0v) is 16.2. The zero-order chi connectivity index (χ0) is 18.7. The van der Waals surface area contributed by atoms with Crippen LogP contribution in [0.5, 0.6) is 0 Å². The van der Waals surface area contributed by atoms with Gasteiger partial charge in [0.15, 0.2) is 0 Å². The summed E-state index contributed by atoms with van der Waals surface area (Å²) in [4.78, 5) is 13.3. The van der Waals surface area contributed by atoms with Crippen LogP contribution >= 0.6 is 11.3 Å². The van der Waals surface area contributed by atoms with Gasteiger partial charge in [0.1, 0.15) is 0 Å². The quantitative estimate of drug-likeness (QED) is 0.689. The van der Waals surface area contributed by atoms with Gasteiger partial charge in [-0.2, -0.15) is 4.31 Å². The molecule has 0 aliphatic heterocycles. The van der Waals surface area contributed by atoms with Gasteiger partial charge in [-0.15, -0.1) is 11.3 Å². The third-order valence-electron chi connectivity index (χ3n) is 4.08. The Bertz CT molecular complexity index is 1000. The maximum Gasteiger partial charge on any atom is 0.265 e. The van der Waals surface area contributed by atoms with Crippen molar-refractivity contribution < 1.29 is 13.2 Å². The monoisotopic (exact) mass is 388 g/mol. The van der Waals surface area contributed by atoms with E-state index in [0.29, 0.717) is 23.7 Å². The lowest BCUT2D eigenvalue weighted by molar-refractivity contribution is 0.103. The highest BCUT2D eigenvalue weighted by molar-refractivity contribution is 7.89. The average Bonchev–Trinajstić information content (AvgIpc) is 3.07.